The summed E-state index contributed by atoms with van der Waals surface area (Å²) in [6.07, 6.45) is 0.548. The molecule has 0 aromatic carbocycles. The van der Waals surface area contributed by atoms with Gasteiger partial charge in [-0.1, -0.05) is 27.2 Å². The zero-order valence-corrected chi connectivity index (χ0v) is 14.5. The molecule has 0 aromatic heterocycles. The topological polar surface area (TPSA) is 115 Å². The number of aliphatic carboxylic acids is 3. The van der Waals surface area contributed by atoms with Gasteiger partial charge < -0.3 is 20.1 Å². The summed E-state index contributed by atoms with van der Waals surface area (Å²) in [5.74, 6) is -7.45. The van der Waals surface area contributed by atoms with Crippen LogP contribution in [0.1, 0.15) is 40.0 Å². The van der Waals surface area contributed by atoms with Crippen molar-refractivity contribution in [3.63, 3.8) is 0 Å². The molecule has 20 heavy (non-hydrogen) atoms. The zero-order chi connectivity index (χ0) is 15.2. The fourth-order valence-electron chi connectivity index (χ4n) is 2.20. The van der Waals surface area contributed by atoms with Crippen molar-refractivity contribution in [2.45, 2.75) is 40.0 Å². The van der Waals surface area contributed by atoms with E-state index in [1.54, 1.807) is 20.8 Å². The van der Waals surface area contributed by atoms with Crippen LogP contribution >= 0.6 is 0 Å². The first-order chi connectivity index (χ1) is 8.76. The van der Waals surface area contributed by atoms with Crippen LogP contribution < -0.4 is 34.7 Å². The molecular formula is C13H21NaO6. The van der Waals surface area contributed by atoms with Crippen LogP contribution in [0.5, 0.6) is 0 Å². The Morgan fingerprint density at radius 1 is 1.05 bits per heavy atom. The van der Waals surface area contributed by atoms with E-state index < -0.39 is 35.7 Å². The van der Waals surface area contributed by atoms with Gasteiger partial charge in [0.15, 0.2) is 0 Å². The van der Waals surface area contributed by atoms with Gasteiger partial charge in [0, 0.05) is 11.9 Å². The third kappa shape index (κ3) is 6.24. The van der Waals surface area contributed by atoms with Crippen molar-refractivity contribution in [1.82, 2.24) is 0 Å². The largest absolute Gasteiger partial charge is 1.00 e. The summed E-state index contributed by atoms with van der Waals surface area (Å²) >= 11 is 0. The number of rotatable bonds is 9. The third-order valence-electron chi connectivity index (χ3n) is 3.66. The normalized spacial score (nSPS) is 16.4. The van der Waals surface area contributed by atoms with Crippen LogP contribution in [-0.2, 0) is 14.4 Å². The van der Waals surface area contributed by atoms with Crippen LogP contribution in [0.15, 0.2) is 0 Å². The van der Waals surface area contributed by atoms with Crippen molar-refractivity contribution in [3.8, 4) is 0 Å². The summed E-state index contributed by atoms with van der Waals surface area (Å²) in [5.41, 5.74) is 0. The van der Waals surface area contributed by atoms with E-state index in [-0.39, 0.29) is 48.3 Å². The quantitative estimate of drug-likeness (QED) is 0.459. The van der Waals surface area contributed by atoms with Crippen LogP contribution in [0.2, 0.25) is 0 Å². The van der Waals surface area contributed by atoms with Gasteiger partial charge in [-0.25, -0.2) is 0 Å². The van der Waals surface area contributed by atoms with Gasteiger partial charge in [-0.2, -0.15) is 0 Å². The van der Waals surface area contributed by atoms with E-state index in [0.717, 1.165) is 0 Å². The predicted molar refractivity (Wildman–Crippen MR) is 65.1 cm³/mol. The van der Waals surface area contributed by atoms with Crippen molar-refractivity contribution < 1.29 is 59.3 Å². The van der Waals surface area contributed by atoms with Crippen LogP contribution in [0.3, 0.4) is 0 Å². The molecule has 4 unspecified atom stereocenters. The van der Waals surface area contributed by atoms with Gasteiger partial charge in [-0.05, 0) is 18.8 Å². The molecule has 0 radical (unpaired) electrons. The van der Waals surface area contributed by atoms with Crippen molar-refractivity contribution in [2.24, 2.45) is 23.7 Å². The molecule has 4 atom stereocenters. The Morgan fingerprint density at radius 2 is 1.55 bits per heavy atom. The van der Waals surface area contributed by atoms with E-state index >= 15 is 0 Å². The molecule has 0 spiro atoms. The fraction of sp³-hybridized carbons (Fsp3) is 0.769. The summed E-state index contributed by atoms with van der Waals surface area (Å²) in [6.45, 7) is 5.04. The fourth-order valence-corrected chi connectivity index (χ4v) is 2.20. The Bertz CT molecular complexity index is 344. The van der Waals surface area contributed by atoms with Crippen molar-refractivity contribution in [2.75, 3.05) is 0 Å². The number of hydrogen-bond donors (Lipinski definition) is 2. The molecule has 0 aromatic rings. The molecule has 0 bridgehead atoms. The Kier molecular flexibility index (Phi) is 11.0. The minimum Gasteiger partial charge on any atom is -0.550 e. The monoisotopic (exact) mass is 296 g/mol. The van der Waals surface area contributed by atoms with Crippen molar-refractivity contribution in [1.29, 1.82) is 0 Å². The molecule has 110 valence electrons. The minimum atomic E-state index is -1.49. The summed E-state index contributed by atoms with van der Waals surface area (Å²) < 4.78 is 0. The second-order valence-corrected chi connectivity index (χ2v) is 4.85. The Morgan fingerprint density at radius 3 is 1.80 bits per heavy atom. The van der Waals surface area contributed by atoms with E-state index in [9.17, 15) is 24.6 Å². The number of carbonyl (C=O) groups excluding carboxylic acids is 1. The van der Waals surface area contributed by atoms with E-state index in [0.29, 0.717) is 6.42 Å². The van der Waals surface area contributed by atoms with Crippen LogP contribution in [-0.4, -0.2) is 28.1 Å². The molecule has 0 aliphatic rings. The van der Waals surface area contributed by atoms with Crippen molar-refractivity contribution >= 4 is 17.9 Å². The van der Waals surface area contributed by atoms with Gasteiger partial charge in [-0.3, -0.25) is 9.59 Å². The summed E-state index contributed by atoms with van der Waals surface area (Å²) in [5, 5.41) is 29.3. The van der Waals surface area contributed by atoms with Crippen LogP contribution in [0.4, 0.5) is 0 Å². The van der Waals surface area contributed by atoms with Gasteiger partial charge in [0.25, 0.3) is 0 Å². The third-order valence-corrected chi connectivity index (χ3v) is 3.66. The molecule has 6 nitrogen and oxygen atoms in total. The Labute approximate surface area is 140 Å². The molecule has 0 aliphatic heterocycles. The number of carboxylic acids is 3. The number of hydrogen-bond acceptors (Lipinski definition) is 4. The molecule has 7 heteroatoms. The second kappa shape index (κ2) is 10.2. The average Bonchev–Trinajstić information content (AvgIpc) is 2.32. The molecule has 0 aliphatic carbocycles. The molecule has 0 saturated heterocycles. The summed E-state index contributed by atoms with van der Waals surface area (Å²) in [4.78, 5) is 33.4. The first-order valence-electron chi connectivity index (χ1n) is 6.42. The second-order valence-electron chi connectivity index (χ2n) is 4.85. The van der Waals surface area contributed by atoms with E-state index in [1.165, 1.54) is 0 Å². The Hall–Kier alpha value is -0.590. The first kappa shape index (κ1) is 21.7. The van der Waals surface area contributed by atoms with E-state index in [1.807, 2.05) is 0 Å². The zero-order valence-electron chi connectivity index (χ0n) is 12.5. The molecule has 0 heterocycles. The van der Waals surface area contributed by atoms with Gasteiger partial charge in [0.05, 0.1) is 11.8 Å². The molecule has 0 amide bonds. The number of carboxylic acid groups (broad SMARTS) is 3. The van der Waals surface area contributed by atoms with Crippen LogP contribution in [0.25, 0.3) is 0 Å². The maximum absolute atomic E-state index is 11.2. The molecule has 0 rings (SSSR count). The van der Waals surface area contributed by atoms with Gasteiger partial charge in [0.2, 0.25) is 0 Å². The minimum absolute atomic E-state index is 0. The van der Waals surface area contributed by atoms with Gasteiger partial charge >= 0.3 is 41.5 Å². The Balaban J connectivity index is 0. The number of carbonyl (C=O) groups is 3. The van der Waals surface area contributed by atoms with Gasteiger partial charge in [-0.15, -0.1) is 0 Å². The molecule has 0 fully saturated rings. The maximum Gasteiger partial charge on any atom is 1.00 e. The first-order valence-corrected chi connectivity index (χ1v) is 6.42. The van der Waals surface area contributed by atoms with E-state index in [4.69, 9.17) is 5.11 Å². The standard InChI is InChI=1S/C13H22O6.Na/c1-4-7(3)10(13(18)19)9(12(16)17)6-8(5-2)11(14)15;/h7-10H,4-6H2,1-3H3,(H,14,15)(H,16,17)(H,18,19);/q;+1/p-1. The van der Waals surface area contributed by atoms with Crippen molar-refractivity contribution in [3.05, 3.63) is 0 Å². The molecule has 0 saturated carbocycles. The molecular weight excluding hydrogens is 275 g/mol. The SMILES string of the molecule is CCC(CC(C(=O)[O-])C(C(=O)O)C(C)CC)C(=O)O.[Na+]. The average molecular weight is 296 g/mol. The smallest absolute Gasteiger partial charge is 0.550 e. The van der Waals surface area contributed by atoms with Gasteiger partial charge in [0.1, 0.15) is 0 Å². The summed E-state index contributed by atoms with van der Waals surface area (Å²) in [7, 11) is 0. The van der Waals surface area contributed by atoms with Crippen LogP contribution in [0, 0.1) is 23.7 Å². The maximum atomic E-state index is 11.2. The summed E-state index contributed by atoms with van der Waals surface area (Å²) in [6, 6.07) is 0. The van der Waals surface area contributed by atoms with E-state index in [2.05, 4.69) is 0 Å². The predicted octanol–water partition coefficient (Wildman–Crippen LogP) is -2.40. The molecule has 2 N–H and O–H groups in total.